The zero-order valence-electron chi connectivity index (χ0n) is 12.8. The Morgan fingerprint density at radius 3 is 2.70 bits per heavy atom. The number of nitrogens with zero attached hydrogens (tertiary/aromatic N) is 1. The van der Waals surface area contributed by atoms with Crippen molar-refractivity contribution in [2.75, 3.05) is 12.4 Å². The van der Waals surface area contributed by atoms with Gasteiger partial charge in [0, 0.05) is 21.6 Å². The minimum atomic E-state index is -0.498. The van der Waals surface area contributed by atoms with E-state index in [-0.39, 0.29) is 12.1 Å². The first-order valence-corrected chi connectivity index (χ1v) is 8.28. The maximum absolute atomic E-state index is 12.2. The summed E-state index contributed by atoms with van der Waals surface area (Å²) in [6.07, 6.45) is 1.54. The van der Waals surface area contributed by atoms with Crippen LogP contribution in [0.3, 0.4) is 0 Å². The summed E-state index contributed by atoms with van der Waals surface area (Å²) < 4.78 is 6.74. The second-order valence-electron chi connectivity index (χ2n) is 4.84. The first kappa shape index (κ1) is 17.4. The van der Waals surface area contributed by atoms with Gasteiger partial charge in [-0.3, -0.25) is 9.59 Å². The van der Waals surface area contributed by atoms with E-state index >= 15 is 0 Å². The highest BCUT2D eigenvalue weighted by molar-refractivity contribution is 9.10. The topological polar surface area (TPSA) is 77.4 Å². The third kappa shape index (κ3) is 3.89. The van der Waals surface area contributed by atoms with Crippen molar-refractivity contribution in [3.63, 3.8) is 0 Å². The minimum absolute atomic E-state index is 0.144. The number of carbonyl (C=O) groups excluding carboxylic acids is 2. The van der Waals surface area contributed by atoms with Crippen molar-refractivity contribution in [2.45, 2.75) is 20.4 Å². The van der Waals surface area contributed by atoms with Crippen LogP contribution in [0.25, 0.3) is 0 Å². The van der Waals surface area contributed by atoms with E-state index in [2.05, 4.69) is 21.2 Å². The third-order valence-corrected chi connectivity index (χ3v) is 4.88. The Kier molecular flexibility index (Phi) is 5.38. The highest BCUT2D eigenvalue weighted by Crippen LogP contribution is 2.32. The van der Waals surface area contributed by atoms with Crippen LogP contribution in [0, 0.1) is 13.8 Å². The van der Waals surface area contributed by atoms with Crippen LogP contribution in [0.1, 0.15) is 20.8 Å². The molecule has 6 nitrogen and oxygen atoms in total. The van der Waals surface area contributed by atoms with Crippen molar-refractivity contribution < 1.29 is 14.3 Å². The number of hydrogen-bond donors (Lipinski definition) is 1. The van der Waals surface area contributed by atoms with Crippen molar-refractivity contribution >= 4 is 44.1 Å². The minimum Gasteiger partial charge on any atom is -0.465 e. The number of ether oxygens (including phenoxy) is 1. The van der Waals surface area contributed by atoms with Crippen LogP contribution in [0.2, 0.25) is 0 Å². The molecule has 0 aliphatic rings. The Balaban J connectivity index is 2.24. The number of anilines is 1. The second-order valence-corrected chi connectivity index (χ2v) is 6.98. The maximum atomic E-state index is 12.2. The second kappa shape index (κ2) is 7.10. The Labute approximate surface area is 145 Å². The molecular formula is C15H15BrN2O4S. The number of esters is 1. The average molecular weight is 399 g/mol. The first-order chi connectivity index (χ1) is 10.8. The van der Waals surface area contributed by atoms with Crippen LogP contribution >= 0.6 is 27.3 Å². The van der Waals surface area contributed by atoms with Gasteiger partial charge < -0.3 is 14.6 Å². The lowest BCUT2D eigenvalue weighted by Gasteiger charge is -2.08. The largest absolute Gasteiger partial charge is 0.465 e. The molecule has 122 valence electrons. The number of halogens is 1. The summed E-state index contributed by atoms with van der Waals surface area (Å²) in [4.78, 5) is 36.7. The fraction of sp³-hybridized carbons (Fsp3) is 0.267. The molecule has 2 rings (SSSR count). The van der Waals surface area contributed by atoms with Gasteiger partial charge in [0.1, 0.15) is 11.5 Å². The van der Waals surface area contributed by atoms with E-state index in [1.807, 2.05) is 6.92 Å². The van der Waals surface area contributed by atoms with Gasteiger partial charge in [0.25, 0.3) is 5.56 Å². The molecule has 0 radical (unpaired) electrons. The van der Waals surface area contributed by atoms with E-state index in [0.717, 1.165) is 10.4 Å². The fourth-order valence-electron chi connectivity index (χ4n) is 2.01. The molecule has 0 aromatic carbocycles. The Hall–Kier alpha value is -1.93. The van der Waals surface area contributed by atoms with Gasteiger partial charge in [-0.25, -0.2) is 4.79 Å². The molecule has 23 heavy (non-hydrogen) atoms. The third-order valence-electron chi connectivity index (χ3n) is 3.29. The van der Waals surface area contributed by atoms with Crippen molar-refractivity contribution in [3.05, 3.63) is 49.2 Å². The predicted molar refractivity (Wildman–Crippen MR) is 92.2 cm³/mol. The van der Waals surface area contributed by atoms with Crippen molar-refractivity contribution in [3.8, 4) is 0 Å². The molecule has 1 amide bonds. The summed E-state index contributed by atoms with van der Waals surface area (Å²) in [6, 6.07) is 2.98. The number of thiophene rings is 1. The van der Waals surface area contributed by atoms with Crippen LogP contribution in [-0.4, -0.2) is 23.6 Å². The van der Waals surface area contributed by atoms with Crippen molar-refractivity contribution in [1.82, 2.24) is 4.57 Å². The number of hydrogen-bond acceptors (Lipinski definition) is 5. The molecule has 0 saturated carbocycles. The molecule has 0 unspecified atom stereocenters. The van der Waals surface area contributed by atoms with E-state index in [9.17, 15) is 14.4 Å². The van der Waals surface area contributed by atoms with Gasteiger partial charge >= 0.3 is 5.97 Å². The van der Waals surface area contributed by atoms with E-state index in [1.165, 1.54) is 35.3 Å². The molecule has 1 N–H and O–H groups in total. The quantitative estimate of drug-likeness (QED) is 0.803. The van der Waals surface area contributed by atoms with E-state index < -0.39 is 11.9 Å². The zero-order valence-corrected chi connectivity index (χ0v) is 15.2. The summed E-state index contributed by atoms with van der Waals surface area (Å²) in [5.74, 6) is -0.890. The summed E-state index contributed by atoms with van der Waals surface area (Å²) in [5.41, 5.74) is 0.844. The lowest BCUT2D eigenvalue weighted by Crippen LogP contribution is -2.27. The van der Waals surface area contributed by atoms with Gasteiger partial charge in [0.15, 0.2) is 0 Å². The molecule has 2 aromatic rings. The van der Waals surface area contributed by atoms with Crippen LogP contribution < -0.4 is 10.9 Å². The molecule has 0 aliphatic heterocycles. The van der Waals surface area contributed by atoms with Gasteiger partial charge in [0.05, 0.1) is 12.7 Å². The Morgan fingerprint density at radius 2 is 2.04 bits per heavy atom. The molecule has 2 aromatic heterocycles. The number of nitrogens with one attached hydrogen (secondary N) is 1. The number of aryl methyl sites for hydroxylation is 1. The Morgan fingerprint density at radius 1 is 1.35 bits per heavy atom. The number of rotatable bonds is 4. The molecule has 0 aliphatic carbocycles. The molecule has 8 heteroatoms. The average Bonchev–Trinajstić information content (AvgIpc) is 2.76. The maximum Gasteiger partial charge on any atom is 0.341 e. The fourth-order valence-corrected chi connectivity index (χ4v) is 3.45. The van der Waals surface area contributed by atoms with E-state index in [4.69, 9.17) is 4.74 Å². The smallest absolute Gasteiger partial charge is 0.341 e. The lowest BCUT2D eigenvalue weighted by molar-refractivity contribution is -0.116. The monoisotopic (exact) mass is 398 g/mol. The van der Waals surface area contributed by atoms with Crippen LogP contribution in [0.4, 0.5) is 5.00 Å². The standard InChI is InChI=1S/C15H15BrN2O4S/c1-8-9(2)23-14(13(8)15(21)22-3)17-11(19)7-18-6-10(16)4-5-12(18)20/h4-6H,7H2,1-3H3,(H,17,19). The molecule has 0 fully saturated rings. The van der Waals surface area contributed by atoms with Gasteiger partial charge in [0.2, 0.25) is 5.91 Å². The number of amides is 1. The van der Waals surface area contributed by atoms with Crippen LogP contribution in [0.5, 0.6) is 0 Å². The zero-order chi connectivity index (χ0) is 17.1. The normalized spacial score (nSPS) is 10.4. The van der Waals surface area contributed by atoms with Crippen LogP contribution in [-0.2, 0) is 16.1 Å². The molecule has 0 bridgehead atoms. The molecule has 0 spiro atoms. The summed E-state index contributed by atoms with van der Waals surface area (Å²) in [7, 11) is 1.29. The highest BCUT2D eigenvalue weighted by atomic mass is 79.9. The summed E-state index contributed by atoms with van der Waals surface area (Å²) >= 11 is 4.56. The number of pyridine rings is 1. The van der Waals surface area contributed by atoms with E-state index in [0.29, 0.717) is 15.0 Å². The van der Waals surface area contributed by atoms with Gasteiger partial charge in [-0.2, -0.15) is 0 Å². The number of aromatic nitrogens is 1. The summed E-state index contributed by atoms with van der Waals surface area (Å²) in [6.45, 7) is 3.52. The van der Waals surface area contributed by atoms with Crippen LogP contribution in [0.15, 0.2) is 27.6 Å². The predicted octanol–water partition coefficient (Wildman–Crippen LogP) is 2.71. The number of carbonyl (C=O) groups is 2. The van der Waals surface area contributed by atoms with Gasteiger partial charge in [-0.15, -0.1) is 11.3 Å². The molecule has 2 heterocycles. The first-order valence-electron chi connectivity index (χ1n) is 6.67. The number of methoxy groups -OCH3 is 1. The van der Waals surface area contributed by atoms with E-state index in [1.54, 1.807) is 13.0 Å². The lowest BCUT2D eigenvalue weighted by atomic mass is 10.1. The molecule has 0 saturated heterocycles. The molecular weight excluding hydrogens is 384 g/mol. The Bertz CT molecular complexity index is 825. The van der Waals surface area contributed by atoms with Gasteiger partial charge in [-0.05, 0) is 41.4 Å². The van der Waals surface area contributed by atoms with Gasteiger partial charge in [-0.1, -0.05) is 0 Å². The molecule has 0 atom stereocenters. The highest BCUT2D eigenvalue weighted by Gasteiger charge is 2.21. The van der Waals surface area contributed by atoms with Crippen molar-refractivity contribution in [1.29, 1.82) is 0 Å². The SMILES string of the molecule is COC(=O)c1c(NC(=O)Cn2cc(Br)ccc2=O)sc(C)c1C. The van der Waals surface area contributed by atoms with Crippen molar-refractivity contribution in [2.24, 2.45) is 0 Å². The summed E-state index contributed by atoms with van der Waals surface area (Å²) in [5, 5.41) is 3.12.